The van der Waals surface area contributed by atoms with Crippen LogP contribution in [0.5, 0.6) is 0 Å². The molecular weight excluding hydrogens is 195 g/mol. The zero-order valence-electron chi connectivity index (χ0n) is 8.29. The molecular formula is C10H11FN4. The summed E-state index contributed by atoms with van der Waals surface area (Å²) in [6, 6.07) is 1.42. The van der Waals surface area contributed by atoms with Crippen molar-refractivity contribution in [2.24, 2.45) is 0 Å². The highest BCUT2D eigenvalue weighted by Gasteiger charge is 2.03. The van der Waals surface area contributed by atoms with E-state index in [0.29, 0.717) is 12.1 Å². The lowest BCUT2D eigenvalue weighted by atomic mass is 10.2. The number of aromatic amines is 1. The lowest BCUT2D eigenvalue weighted by molar-refractivity contribution is 0.622. The van der Waals surface area contributed by atoms with Crippen molar-refractivity contribution in [1.82, 2.24) is 20.3 Å². The molecule has 0 aliphatic rings. The van der Waals surface area contributed by atoms with Crippen molar-refractivity contribution in [2.75, 3.05) is 7.05 Å². The van der Waals surface area contributed by atoms with Crippen molar-refractivity contribution < 1.29 is 4.39 Å². The molecule has 2 aromatic heterocycles. The third kappa shape index (κ3) is 2.19. The van der Waals surface area contributed by atoms with Crippen LogP contribution in [0.25, 0.3) is 11.3 Å². The van der Waals surface area contributed by atoms with E-state index < -0.39 is 0 Å². The average Bonchev–Trinajstić information content (AvgIpc) is 2.67. The third-order valence-corrected chi connectivity index (χ3v) is 1.99. The van der Waals surface area contributed by atoms with E-state index in [0.717, 1.165) is 11.5 Å². The van der Waals surface area contributed by atoms with Gasteiger partial charge in [-0.05, 0) is 13.1 Å². The quantitative estimate of drug-likeness (QED) is 0.796. The molecule has 0 spiro atoms. The smallest absolute Gasteiger partial charge is 0.142 e. The Balaban J connectivity index is 2.29. The van der Waals surface area contributed by atoms with Gasteiger partial charge in [-0.2, -0.15) is 0 Å². The highest BCUT2D eigenvalue weighted by Crippen LogP contribution is 2.16. The van der Waals surface area contributed by atoms with Crippen LogP contribution in [0.3, 0.4) is 0 Å². The highest BCUT2D eigenvalue weighted by atomic mass is 19.1. The van der Waals surface area contributed by atoms with Crippen LogP contribution in [0.1, 0.15) is 5.82 Å². The van der Waals surface area contributed by atoms with Crippen molar-refractivity contribution in [2.45, 2.75) is 6.54 Å². The van der Waals surface area contributed by atoms with E-state index in [4.69, 9.17) is 0 Å². The minimum atomic E-state index is -0.350. The number of nitrogens with one attached hydrogen (secondary N) is 2. The second-order valence-corrected chi connectivity index (χ2v) is 3.17. The minimum Gasteiger partial charge on any atom is -0.341 e. The summed E-state index contributed by atoms with van der Waals surface area (Å²) in [7, 11) is 1.84. The number of rotatable bonds is 3. The molecule has 0 aliphatic heterocycles. The van der Waals surface area contributed by atoms with Gasteiger partial charge in [0.15, 0.2) is 0 Å². The van der Waals surface area contributed by atoms with Gasteiger partial charge in [-0.15, -0.1) is 0 Å². The summed E-state index contributed by atoms with van der Waals surface area (Å²) in [5.74, 6) is 0.467. The van der Waals surface area contributed by atoms with Crippen LogP contribution in [-0.2, 0) is 6.54 Å². The average molecular weight is 206 g/mol. The largest absolute Gasteiger partial charge is 0.341 e. The van der Waals surface area contributed by atoms with Crippen LogP contribution in [0.4, 0.5) is 4.39 Å². The van der Waals surface area contributed by atoms with Crippen molar-refractivity contribution >= 4 is 0 Å². The molecule has 15 heavy (non-hydrogen) atoms. The second-order valence-electron chi connectivity index (χ2n) is 3.17. The topological polar surface area (TPSA) is 53.6 Å². The molecule has 78 valence electrons. The van der Waals surface area contributed by atoms with Gasteiger partial charge in [-0.1, -0.05) is 0 Å². The van der Waals surface area contributed by atoms with E-state index in [9.17, 15) is 4.39 Å². The van der Waals surface area contributed by atoms with E-state index in [2.05, 4.69) is 20.3 Å². The minimum absolute atomic E-state index is 0.350. The number of imidazole rings is 1. The van der Waals surface area contributed by atoms with Crippen LogP contribution >= 0.6 is 0 Å². The Hall–Kier alpha value is -1.75. The molecule has 0 unspecified atom stereocenters. The molecule has 2 N–H and O–H groups in total. The lowest BCUT2D eigenvalue weighted by Gasteiger charge is -1.96. The van der Waals surface area contributed by atoms with Gasteiger partial charge in [-0.3, -0.25) is 4.98 Å². The summed E-state index contributed by atoms with van der Waals surface area (Å²) in [5.41, 5.74) is 1.47. The number of hydrogen-bond acceptors (Lipinski definition) is 3. The van der Waals surface area contributed by atoms with Crippen LogP contribution in [0.15, 0.2) is 24.7 Å². The highest BCUT2D eigenvalue weighted by molar-refractivity contribution is 5.56. The molecule has 0 aliphatic carbocycles. The third-order valence-electron chi connectivity index (χ3n) is 1.99. The number of aromatic nitrogens is 3. The van der Waals surface area contributed by atoms with Crippen molar-refractivity contribution in [3.63, 3.8) is 0 Å². The van der Waals surface area contributed by atoms with E-state index in [1.165, 1.54) is 12.3 Å². The van der Waals surface area contributed by atoms with Crippen LogP contribution < -0.4 is 5.32 Å². The molecule has 0 radical (unpaired) electrons. The van der Waals surface area contributed by atoms with E-state index >= 15 is 0 Å². The summed E-state index contributed by atoms with van der Waals surface area (Å²) < 4.78 is 12.9. The van der Waals surface area contributed by atoms with Gasteiger partial charge in [0.2, 0.25) is 0 Å². The number of pyridine rings is 1. The van der Waals surface area contributed by atoms with Gasteiger partial charge in [0.05, 0.1) is 24.6 Å². The zero-order chi connectivity index (χ0) is 10.7. The Kier molecular flexibility index (Phi) is 2.73. The SMILES string of the molecule is CNCc1ncc(-c2cncc(F)c2)[nH]1. The van der Waals surface area contributed by atoms with Crippen molar-refractivity contribution in [3.05, 3.63) is 36.3 Å². The van der Waals surface area contributed by atoms with E-state index in [1.54, 1.807) is 12.4 Å². The van der Waals surface area contributed by atoms with Crippen LogP contribution in [-0.4, -0.2) is 22.0 Å². The molecule has 2 rings (SSSR count). The molecule has 0 saturated carbocycles. The summed E-state index contributed by atoms with van der Waals surface area (Å²) in [6.45, 7) is 0.656. The second kappa shape index (κ2) is 4.18. The van der Waals surface area contributed by atoms with Gasteiger partial charge in [0, 0.05) is 11.8 Å². The predicted octanol–water partition coefficient (Wildman–Crippen LogP) is 1.33. The molecule has 0 fully saturated rings. The summed E-state index contributed by atoms with van der Waals surface area (Å²) in [4.78, 5) is 11.0. The maximum absolute atomic E-state index is 12.9. The molecule has 4 nitrogen and oxygen atoms in total. The first kappa shape index (κ1) is 9.79. The Labute approximate surface area is 86.6 Å². The number of hydrogen-bond donors (Lipinski definition) is 2. The van der Waals surface area contributed by atoms with Crippen molar-refractivity contribution in [1.29, 1.82) is 0 Å². The maximum atomic E-state index is 12.9. The molecule has 2 aromatic rings. The van der Waals surface area contributed by atoms with E-state index in [-0.39, 0.29) is 5.82 Å². The number of halogens is 1. The molecule has 0 saturated heterocycles. The first-order chi connectivity index (χ1) is 7.29. The Morgan fingerprint density at radius 3 is 3.00 bits per heavy atom. The fourth-order valence-electron chi connectivity index (χ4n) is 1.33. The fourth-order valence-corrected chi connectivity index (χ4v) is 1.33. The maximum Gasteiger partial charge on any atom is 0.142 e. The molecule has 0 aromatic carbocycles. The Morgan fingerprint density at radius 2 is 2.27 bits per heavy atom. The van der Waals surface area contributed by atoms with Crippen LogP contribution in [0, 0.1) is 5.82 Å². The molecule has 0 bridgehead atoms. The molecule has 2 heterocycles. The Bertz CT molecular complexity index is 452. The van der Waals surface area contributed by atoms with Crippen molar-refractivity contribution in [3.8, 4) is 11.3 Å². The molecule has 5 heteroatoms. The predicted molar refractivity (Wildman–Crippen MR) is 54.5 cm³/mol. The normalized spacial score (nSPS) is 10.5. The molecule has 0 amide bonds. The summed E-state index contributed by atoms with van der Waals surface area (Å²) in [5, 5.41) is 2.98. The monoisotopic (exact) mass is 206 g/mol. The van der Waals surface area contributed by atoms with Gasteiger partial charge in [0.1, 0.15) is 11.6 Å². The van der Waals surface area contributed by atoms with Gasteiger partial charge in [0.25, 0.3) is 0 Å². The summed E-state index contributed by atoms with van der Waals surface area (Å²) >= 11 is 0. The number of H-pyrrole nitrogens is 1. The summed E-state index contributed by atoms with van der Waals surface area (Å²) in [6.07, 6.45) is 4.44. The standard InChI is InChI=1S/C10H11FN4/c1-12-6-10-14-5-9(15-10)7-2-8(11)4-13-3-7/h2-5,12H,6H2,1H3,(H,14,15). The molecule has 0 atom stereocenters. The van der Waals surface area contributed by atoms with Gasteiger partial charge in [-0.25, -0.2) is 9.37 Å². The van der Waals surface area contributed by atoms with Gasteiger partial charge < -0.3 is 10.3 Å². The first-order valence-electron chi connectivity index (χ1n) is 4.59. The zero-order valence-corrected chi connectivity index (χ0v) is 8.29. The lowest BCUT2D eigenvalue weighted by Crippen LogP contribution is -2.06. The first-order valence-corrected chi connectivity index (χ1v) is 4.59. The van der Waals surface area contributed by atoms with E-state index in [1.807, 2.05) is 7.05 Å². The fraction of sp³-hybridized carbons (Fsp3) is 0.200. The number of nitrogens with zero attached hydrogens (tertiary/aromatic N) is 2. The van der Waals surface area contributed by atoms with Crippen LogP contribution in [0.2, 0.25) is 0 Å². The Morgan fingerprint density at radius 1 is 1.40 bits per heavy atom. The van der Waals surface area contributed by atoms with Gasteiger partial charge >= 0.3 is 0 Å².